The van der Waals surface area contributed by atoms with Gasteiger partial charge in [0.05, 0.1) is 30.1 Å². The second kappa shape index (κ2) is 9.15. The molecule has 1 amide bonds. The number of aromatic nitrogens is 3. The number of fused-ring (bicyclic) bond motifs is 1. The van der Waals surface area contributed by atoms with Crippen molar-refractivity contribution < 1.29 is 23.5 Å². The molecule has 0 saturated carbocycles. The first-order chi connectivity index (χ1) is 13.9. The maximum Gasteiger partial charge on any atom is 0.432 e. The molecule has 0 bridgehead atoms. The van der Waals surface area contributed by atoms with Crippen molar-refractivity contribution in [1.82, 2.24) is 19.8 Å². The van der Waals surface area contributed by atoms with Crippen molar-refractivity contribution in [3.8, 4) is 0 Å². The zero-order valence-electron chi connectivity index (χ0n) is 15.5. The number of rotatable bonds is 8. The second-order valence-corrected chi connectivity index (χ2v) is 6.72. The highest BCUT2D eigenvalue weighted by Crippen LogP contribution is 2.26. The van der Waals surface area contributed by atoms with Gasteiger partial charge < -0.3 is 5.11 Å². The Labute approximate surface area is 170 Å². The van der Waals surface area contributed by atoms with E-state index in [0.717, 1.165) is 10.6 Å². The Morgan fingerprint density at radius 1 is 1.34 bits per heavy atom. The Morgan fingerprint density at radius 2 is 2.07 bits per heavy atom. The van der Waals surface area contributed by atoms with Gasteiger partial charge in [-0.05, 0) is 31.4 Å². The first-order valence-corrected chi connectivity index (χ1v) is 9.27. The van der Waals surface area contributed by atoms with E-state index in [4.69, 9.17) is 16.4 Å². The molecule has 1 aromatic carbocycles. The molecule has 0 aliphatic heterocycles. The van der Waals surface area contributed by atoms with Crippen LogP contribution in [0.4, 0.5) is 13.6 Å². The lowest BCUT2D eigenvalue weighted by atomic mass is 10.1. The lowest BCUT2D eigenvalue weighted by Crippen LogP contribution is -2.32. The molecule has 0 spiro atoms. The number of amides is 1. The molecule has 2 heterocycles. The predicted molar refractivity (Wildman–Crippen MR) is 103 cm³/mol. The van der Waals surface area contributed by atoms with E-state index in [1.54, 1.807) is 6.92 Å². The van der Waals surface area contributed by atoms with E-state index in [9.17, 15) is 18.7 Å². The van der Waals surface area contributed by atoms with Crippen LogP contribution in [0.1, 0.15) is 37.2 Å². The number of hydrogen-bond acceptors (Lipinski definition) is 4. The van der Waals surface area contributed by atoms with Crippen LogP contribution in [0.3, 0.4) is 0 Å². The zero-order chi connectivity index (χ0) is 21.0. The molecule has 7 nitrogen and oxygen atoms in total. The molecule has 3 rings (SSSR count). The van der Waals surface area contributed by atoms with E-state index in [-0.39, 0.29) is 23.7 Å². The molecule has 0 radical (unpaired) electrons. The van der Waals surface area contributed by atoms with Crippen LogP contribution in [0.5, 0.6) is 0 Å². The van der Waals surface area contributed by atoms with E-state index in [0.29, 0.717) is 22.2 Å². The summed E-state index contributed by atoms with van der Waals surface area (Å²) < 4.78 is 27.0. The molecule has 1 unspecified atom stereocenters. The summed E-state index contributed by atoms with van der Waals surface area (Å²) in [4.78, 5) is 21.1. The zero-order valence-corrected chi connectivity index (χ0v) is 16.3. The molecule has 3 aromatic rings. The van der Waals surface area contributed by atoms with Crippen LogP contribution in [0, 0.1) is 0 Å². The van der Waals surface area contributed by atoms with E-state index in [2.05, 4.69) is 10.1 Å². The van der Waals surface area contributed by atoms with Crippen LogP contribution in [-0.2, 0) is 11.3 Å². The highest BCUT2D eigenvalue weighted by molar-refractivity contribution is 6.30. The summed E-state index contributed by atoms with van der Waals surface area (Å²) in [5, 5.41) is 14.6. The minimum atomic E-state index is -2.81. The molecule has 0 aliphatic rings. The summed E-state index contributed by atoms with van der Waals surface area (Å²) in [7, 11) is 0. The predicted octanol–water partition coefficient (Wildman–Crippen LogP) is 5.09. The third-order valence-electron chi connectivity index (χ3n) is 4.41. The Bertz CT molecular complexity index is 984. The van der Waals surface area contributed by atoms with Gasteiger partial charge >= 0.3 is 12.6 Å². The number of pyridine rings is 1. The van der Waals surface area contributed by atoms with Crippen LogP contribution < -0.4 is 0 Å². The number of aryl methyl sites for hydroxylation is 1. The van der Waals surface area contributed by atoms with Crippen molar-refractivity contribution in [2.75, 3.05) is 6.61 Å². The Kier molecular flexibility index (Phi) is 6.60. The molecule has 0 aliphatic carbocycles. The normalized spacial score (nSPS) is 12.4. The monoisotopic (exact) mass is 424 g/mol. The topological polar surface area (TPSA) is 80.5 Å². The van der Waals surface area contributed by atoms with Gasteiger partial charge in [0.2, 0.25) is 0 Å². The Morgan fingerprint density at radius 3 is 2.72 bits per heavy atom. The summed E-state index contributed by atoms with van der Waals surface area (Å²) >= 11 is 5.97. The lowest BCUT2D eigenvalue weighted by Gasteiger charge is -2.25. The number of alkyl halides is 2. The number of carbonyl (C=O) groups is 1. The summed E-state index contributed by atoms with van der Waals surface area (Å²) in [5.41, 5.74) is 1.35. The molecule has 0 fully saturated rings. The van der Waals surface area contributed by atoms with Gasteiger partial charge in [-0.1, -0.05) is 41.9 Å². The highest BCUT2D eigenvalue weighted by Gasteiger charge is 2.22. The van der Waals surface area contributed by atoms with Crippen molar-refractivity contribution in [3.63, 3.8) is 0 Å². The van der Waals surface area contributed by atoms with Gasteiger partial charge in [0.1, 0.15) is 5.15 Å². The molecule has 154 valence electrons. The van der Waals surface area contributed by atoms with Crippen molar-refractivity contribution in [3.05, 3.63) is 59.0 Å². The van der Waals surface area contributed by atoms with Gasteiger partial charge in [0.25, 0.3) is 0 Å². The molecule has 29 heavy (non-hydrogen) atoms. The third-order valence-corrected chi connectivity index (χ3v) is 4.60. The third kappa shape index (κ3) is 4.80. The largest absolute Gasteiger partial charge is 0.463 e. The van der Waals surface area contributed by atoms with E-state index in [1.165, 1.54) is 12.3 Å². The van der Waals surface area contributed by atoms with Gasteiger partial charge in [-0.2, -0.15) is 18.9 Å². The molecule has 1 atom stereocenters. The number of hydrogen-bond donors (Lipinski definition) is 1. The number of hydroxylamine groups is 2. The van der Waals surface area contributed by atoms with Crippen LogP contribution in [0.2, 0.25) is 5.15 Å². The molecule has 10 heteroatoms. The Hall–Kier alpha value is -2.78. The molecule has 2 aromatic heterocycles. The van der Waals surface area contributed by atoms with Gasteiger partial charge in [-0.25, -0.2) is 14.5 Å². The Balaban J connectivity index is 1.68. The summed E-state index contributed by atoms with van der Waals surface area (Å²) in [5.74, 6) is 0. The smallest absolute Gasteiger partial charge is 0.432 e. The van der Waals surface area contributed by atoms with Gasteiger partial charge in [-0.15, -0.1) is 0 Å². The molecular weight excluding hydrogens is 406 g/mol. The quantitative estimate of drug-likeness (QED) is 0.309. The number of benzene rings is 1. The summed E-state index contributed by atoms with van der Waals surface area (Å²) in [6.45, 7) is -1.03. The first-order valence-electron chi connectivity index (χ1n) is 8.89. The van der Waals surface area contributed by atoms with Crippen molar-refractivity contribution >= 4 is 28.6 Å². The standard InChI is InChI=1S/C19H19ClF2N4O3/c1-12(13-6-3-2-4-7-13)26(19(27)28)29-9-5-8-15-17-14(10-16(20)24-15)11-23-25(17)18(21)22/h2-4,6-7,10-12,18H,5,8-9H2,1H3,(H,27,28). The minimum absolute atomic E-state index is 0.0575. The van der Waals surface area contributed by atoms with Crippen LogP contribution >= 0.6 is 11.6 Å². The van der Waals surface area contributed by atoms with Crippen molar-refractivity contribution in [2.24, 2.45) is 0 Å². The molecule has 0 saturated heterocycles. The van der Waals surface area contributed by atoms with Crippen LogP contribution in [0.25, 0.3) is 10.9 Å². The maximum atomic E-state index is 13.2. The summed E-state index contributed by atoms with van der Waals surface area (Å²) in [6.07, 6.45) is 0.702. The fraction of sp³-hybridized carbons (Fsp3) is 0.316. The average molecular weight is 425 g/mol. The molecular formula is C19H19ClF2N4O3. The van der Waals surface area contributed by atoms with Gasteiger partial charge in [0, 0.05) is 5.39 Å². The average Bonchev–Trinajstić information content (AvgIpc) is 3.12. The van der Waals surface area contributed by atoms with Gasteiger partial charge in [0.15, 0.2) is 0 Å². The number of halogens is 3. The highest BCUT2D eigenvalue weighted by atomic mass is 35.5. The summed E-state index contributed by atoms with van der Waals surface area (Å²) in [6, 6.07) is 10.0. The first kappa shape index (κ1) is 20.9. The fourth-order valence-corrected chi connectivity index (χ4v) is 3.27. The van der Waals surface area contributed by atoms with E-state index in [1.807, 2.05) is 30.3 Å². The number of nitrogens with zero attached hydrogens (tertiary/aromatic N) is 4. The fourth-order valence-electron chi connectivity index (χ4n) is 3.05. The second-order valence-electron chi connectivity index (χ2n) is 6.33. The number of carboxylic acid groups (broad SMARTS) is 1. The minimum Gasteiger partial charge on any atom is -0.463 e. The SMILES string of the molecule is CC(c1ccccc1)N(OCCCc1nc(Cl)cc2cnn(C(F)F)c12)C(=O)O. The van der Waals surface area contributed by atoms with E-state index < -0.39 is 18.7 Å². The lowest BCUT2D eigenvalue weighted by molar-refractivity contribution is -0.155. The molecule has 1 N–H and O–H groups in total. The van der Waals surface area contributed by atoms with Gasteiger partial charge in [-0.3, -0.25) is 4.84 Å². The van der Waals surface area contributed by atoms with E-state index >= 15 is 0 Å². The maximum absolute atomic E-state index is 13.2. The van der Waals surface area contributed by atoms with Crippen molar-refractivity contribution in [1.29, 1.82) is 0 Å². The van der Waals surface area contributed by atoms with Crippen molar-refractivity contribution in [2.45, 2.75) is 32.4 Å². The van der Waals surface area contributed by atoms with Crippen LogP contribution in [0.15, 0.2) is 42.6 Å². The van der Waals surface area contributed by atoms with Crippen LogP contribution in [-0.4, -0.2) is 37.6 Å².